The molecule has 1 atom stereocenters. The number of alkyl halides is 3. The van der Waals surface area contributed by atoms with Crippen LogP contribution in [0.2, 0.25) is 0 Å². The van der Waals surface area contributed by atoms with Crippen LogP contribution in [0, 0.1) is 0 Å². The average molecular weight is 388 g/mol. The lowest BCUT2D eigenvalue weighted by atomic mass is 10.1. The minimum absolute atomic E-state index is 0.339. The van der Waals surface area contributed by atoms with Gasteiger partial charge in [-0.2, -0.15) is 13.2 Å². The van der Waals surface area contributed by atoms with Gasteiger partial charge in [0.2, 0.25) is 0 Å². The quantitative estimate of drug-likeness (QED) is 0.649. The van der Waals surface area contributed by atoms with Crippen molar-refractivity contribution in [1.82, 2.24) is 10.2 Å². The van der Waals surface area contributed by atoms with Crippen LogP contribution >= 0.6 is 0 Å². The fourth-order valence-electron chi connectivity index (χ4n) is 2.75. The summed E-state index contributed by atoms with van der Waals surface area (Å²) in [5.41, 5.74) is -0.150. The maximum Gasteiger partial charge on any atom is 0.416 e. The molecule has 3 N–H and O–H groups in total. The second kappa shape index (κ2) is 10.7. The third kappa shape index (κ3) is 8.23. The lowest BCUT2D eigenvalue weighted by Crippen LogP contribution is -2.36. The largest absolute Gasteiger partial charge is 0.478 e. The summed E-state index contributed by atoms with van der Waals surface area (Å²) in [4.78, 5) is 21.2. The van der Waals surface area contributed by atoms with Crippen LogP contribution in [0.15, 0.2) is 36.4 Å². The molecule has 9 heteroatoms. The van der Waals surface area contributed by atoms with Crippen molar-refractivity contribution >= 4 is 11.9 Å². The van der Waals surface area contributed by atoms with Gasteiger partial charge in [0.05, 0.1) is 5.56 Å². The molecule has 27 heavy (non-hydrogen) atoms. The highest BCUT2D eigenvalue weighted by atomic mass is 19.4. The fourth-order valence-corrected chi connectivity index (χ4v) is 2.75. The number of carboxylic acids is 2. The van der Waals surface area contributed by atoms with Crippen molar-refractivity contribution in [1.29, 1.82) is 0 Å². The minimum atomic E-state index is -4.27. The Hall–Kier alpha value is -2.39. The molecule has 0 aromatic heterocycles. The number of hydrogen-bond acceptors (Lipinski definition) is 4. The molecule has 0 aliphatic carbocycles. The summed E-state index contributed by atoms with van der Waals surface area (Å²) in [5, 5.41) is 18.9. The van der Waals surface area contributed by atoms with Gasteiger partial charge in [0.1, 0.15) is 0 Å². The molecular weight excluding hydrogens is 365 g/mol. The second-order valence-corrected chi connectivity index (χ2v) is 5.87. The number of nitrogens with one attached hydrogen (secondary N) is 1. The zero-order valence-electron chi connectivity index (χ0n) is 14.9. The highest BCUT2D eigenvalue weighted by Gasteiger charge is 2.33. The van der Waals surface area contributed by atoms with Crippen LogP contribution in [-0.2, 0) is 22.3 Å². The number of likely N-dealkylation sites (N-methyl/N-ethyl adjacent to an activating group) is 1. The summed E-state index contributed by atoms with van der Waals surface area (Å²) in [7, 11) is 0. The van der Waals surface area contributed by atoms with Crippen LogP contribution in [0.25, 0.3) is 0 Å². The average Bonchev–Trinajstić information content (AvgIpc) is 3.12. The number of carbonyl (C=O) groups is 2. The van der Waals surface area contributed by atoms with Gasteiger partial charge in [0.25, 0.3) is 0 Å². The van der Waals surface area contributed by atoms with Crippen molar-refractivity contribution < 1.29 is 33.0 Å². The van der Waals surface area contributed by atoms with Crippen molar-refractivity contribution in [2.45, 2.75) is 32.1 Å². The third-order valence-electron chi connectivity index (χ3n) is 4.02. The molecule has 0 saturated carbocycles. The number of hydrogen-bond donors (Lipinski definition) is 3. The highest BCUT2D eigenvalue weighted by Crippen LogP contribution is 2.32. The van der Waals surface area contributed by atoms with Gasteiger partial charge < -0.3 is 15.5 Å². The van der Waals surface area contributed by atoms with Crippen molar-refractivity contribution in [2.24, 2.45) is 0 Å². The Bertz CT molecular complexity index is 640. The van der Waals surface area contributed by atoms with Crippen LogP contribution in [0.5, 0.6) is 0 Å². The Morgan fingerprint density at radius 3 is 2.26 bits per heavy atom. The fraction of sp³-hybridized carbons (Fsp3) is 0.444. The zero-order valence-corrected chi connectivity index (χ0v) is 14.9. The molecule has 1 saturated heterocycles. The molecule has 0 amide bonds. The topological polar surface area (TPSA) is 89.9 Å². The van der Waals surface area contributed by atoms with E-state index in [0.29, 0.717) is 30.3 Å². The smallest absolute Gasteiger partial charge is 0.416 e. The van der Waals surface area contributed by atoms with E-state index >= 15 is 0 Å². The molecule has 0 unspecified atom stereocenters. The van der Waals surface area contributed by atoms with Gasteiger partial charge in [-0.15, -0.1) is 0 Å². The van der Waals surface area contributed by atoms with E-state index in [-0.39, 0.29) is 0 Å². The van der Waals surface area contributed by atoms with E-state index in [0.717, 1.165) is 32.1 Å². The molecule has 1 aliphatic heterocycles. The van der Waals surface area contributed by atoms with Crippen LogP contribution in [0.1, 0.15) is 24.5 Å². The van der Waals surface area contributed by atoms with E-state index in [9.17, 15) is 22.8 Å². The van der Waals surface area contributed by atoms with Gasteiger partial charge in [-0.05, 0) is 31.1 Å². The van der Waals surface area contributed by atoms with Crippen molar-refractivity contribution in [3.05, 3.63) is 47.5 Å². The summed E-state index contributed by atoms with van der Waals surface area (Å²) >= 11 is 0. The van der Waals surface area contributed by atoms with E-state index in [1.807, 2.05) is 6.92 Å². The predicted molar refractivity (Wildman–Crippen MR) is 93.2 cm³/mol. The van der Waals surface area contributed by atoms with Crippen molar-refractivity contribution in [2.75, 3.05) is 19.6 Å². The monoisotopic (exact) mass is 388 g/mol. The summed E-state index contributed by atoms with van der Waals surface area (Å²) in [6.07, 6.45) is -2.16. The molecular formula is C18H23F3N2O4. The van der Waals surface area contributed by atoms with E-state index in [4.69, 9.17) is 10.2 Å². The van der Waals surface area contributed by atoms with Crippen LogP contribution in [0.4, 0.5) is 13.2 Å². The Kier molecular flexibility index (Phi) is 8.96. The van der Waals surface area contributed by atoms with Crippen LogP contribution in [-0.4, -0.2) is 52.7 Å². The summed E-state index contributed by atoms with van der Waals surface area (Å²) in [6, 6.07) is 6.20. The van der Waals surface area contributed by atoms with E-state index < -0.39 is 23.7 Å². The van der Waals surface area contributed by atoms with E-state index in [1.54, 1.807) is 12.1 Å². The van der Waals surface area contributed by atoms with Gasteiger partial charge in [-0.3, -0.25) is 4.90 Å². The molecule has 0 bridgehead atoms. The Balaban J connectivity index is 0.000000387. The lowest BCUT2D eigenvalue weighted by molar-refractivity contribution is -0.138. The van der Waals surface area contributed by atoms with Gasteiger partial charge in [0.15, 0.2) is 0 Å². The number of carboxylic acid groups (broad SMARTS) is 2. The molecule has 0 radical (unpaired) electrons. The first-order valence-corrected chi connectivity index (χ1v) is 8.39. The first-order chi connectivity index (χ1) is 12.6. The number of benzene rings is 1. The molecule has 1 heterocycles. The van der Waals surface area contributed by atoms with Crippen LogP contribution < -0.4 is 5.32 Å². The van der Waals surface area contributed by atoms with Gasteiger partial charge in [-0.1, -0.05) is 25.1 Å². The van der Waals surface area contributed by atoms with Gasteiger partial charge in [-0.25, -0.2) is 9.59 Å². The zero-order chi connectivity index (χ0) is 20.4. The van der Waals surface area contributed by atoms with E-state index in [2.05, 4.69) is 10.2 Å². The molecule has 1 aromatic rings. The first-order valence-electron chi connectivity index (χ1n) is 8.39. The Morgan fingerprint density at radius 2 is 1.81 bits per heavy atom. The summed E-state index contributed by atoms with van der Waals surface area (Å²) < 4.78 is 38.8. The predicted octanol–water partition coefficient (Wildman–Crippen LogP) is 2.60. The molecule has 1 fully saturated rings. The SMILES string of the molecule is CCN(Cc1ccccc1C(F)(F)F)[C@H]1CCNC1.O=C(O)/C=C/C(=O)O. The number of rotatable bonds is 6. The highest BCUT2D eigenvalue weighted by molar-refractivity contribution is 5.89. The number of aliphatic carboxylic acids is 2. The number of nitrogens with zero attached hydrogens (tertiary/aromatic N) is 1. The Labute approximate surface area is 155 Å². The second-order valence-electron chi connectivity index (χ2n) is 5.87. The van der Waals surface area contributed by atoms with Crippen molar-refractivity contribution in [3.63, 3.8) is 0 Å². The molecule has 6 nitrogen and oxygen atoms in total. The standard InChI is InChI=1S/C14H19F3N2.C4H4O4/c1-2-19(12-7-8-18-9-12)10-11-5-3-4-6-13(11)14(15,16)17;5-3(6)1-2-4(7)8/h3-6,12,18H,2,7-10H2,1H3;1-2H,(H,5,6)(H,7,8)/b;2-1+/t12-;/m0./s1. The summed E-state index contributed by atoms with van der Waals surface area (Å²) in [5.74, 6) is -2.51. The molecule has 1 aromatic carbocycles. The first kappa shape index (κ1) is 22.7. The van der Waals surface area contributed by atoms with Gasteiger partial charge in [0, 0.05) is 31.3 Å². The third-order valence-corrected chi connectivity index (χ3v) is 4.02. The normalized spacial score (nSPS) is 17.0. The van der Waals surface area contributed by atoms with Crippen molar-refractivity contribution in [3.8, 4) is 0 Å². The summed E-state index contributed by atoms with van der Waals surface area (Å²) in [6.45, 7) is 4.93. The van der Waals surface area contributed by atoms with E-state index in [1.165, 1.54) is 6.07 Å². The van der Waals surface area contributed by atoms with Crippen LogP contribution in [0.3, 0.4) is 0 Å². The Morgan fingerprint density at radius 1 is 1.22 bits per heavy atom. The number of halogens is 3. The molecule has 1 aliphatic rings. The molecule has 2 rings (SSSR count). The maximum atomic E-state index is 12.9. The molecule has 0 spiro atoms. The molecule has 150 valence electrons. The lowest BCUT2D eigenvalue weighted by Gasteiger charge is -2.28. The maximum absolute atomic E-state index is 12.9. The van der Waals surface area contributed by atoms with Gasteiger partial charge >= 0.3 is 18.1 Å². The minimum Gasteiger partial charge on any atom is -0.478 e.